The van der Waals surface area contributed by atoms with Crippen LogP contribution >= 0.6 is 0 Å². The molecule has 1 aromatic rings. The molecule has 7 atom stereocenters. The van der Waals surface area contributed by atoms with Gasteiger partial charge in [0.15, 0.2) is 0 Å². The van der Waals surface area contributed by atoms with Crippen molar-refractivity contribution in [1.82, 2.24) is 0 Å². The number of ether oxygens (including phenoxy) is 2. The monoisotopic (exact) mass is 513 g/mol. The minimum atomic E-state index is -4.71. The van der Waals surface area contributed by atoms with Crippen molar-refractivity contribution < 1.29 is 40.4 Å². The Bertz CT molecular complexity index is 1160. The highest BCUT2D eigenvalue weighted by Gasteiger charge is 2.68. The molecule has 0 radical (unpaired) electrons. The average molecular weight is 514 g/mol. The van der Waals surface area contributed by atoms with Crippen molar-refractivity contribution in [2.45, 2.75) is 50.8 Å². The summed E-state index contributed by atoms with van der Waals surface area (Å²) in [6, 6.07) is 2.74. The number of carbonyl (C=O) groups excluding carboxylic acids is 1. The van der Waals surface area contributed by atoms with E-state index in [-0.39, 0.29) is 11.5 Å². The highest BCUT2D eigenvalue weighted by molar-refractivity contribution is 7.85. The Hall–Kier alpha value is -2.07. The largest absolute Gasteiger partial charge is 0.748 e. The molecule has 4 fully saturated rings. The topological polar surface area (TPSA) is 92.7 Å². The van der Waals surface area contributed by atoms with Crippen LogP contribution in [-0.4, -0.2) is 36.9 Å². The summed E-state index contributed by atoms with van der Waals surface area (Å²) >= 11 is 0. The van der Waals surface area contributed by atoms with Gasteiger partial charge in [-0.25, -0.2) is 13.2 Å². The Morgan fingerprint density at radius 1 is 1.17 bits per heavy atom. The maximum atomic E-state index is 13.9. The van der Waals surface area contributed by atoms with Crippen LogP contribution in [0.25, 0.3) is 0 Å². The normalized spacial score (nSPS) is 35.2. The fraction of sp³-hybridized carbons (Fsp3) is 0.640. The standard InChI is InChI=1S/C25H29F3O6S/c1-13(2)24(12-17-10-19(24)22-15-4-3-14(9-15)21(17)22)34-20-11-16(5-6-18(20)25(26,27)28)23(29)33-7-8-35(30,31)32/h5-6,11,14-15,17,19,21-22H,1,3-4,7-10,12H2,2H3,(H,30,31,32)/p-1. The molecule has 0 N–H and O–H groups in total. The van der Waals surface area contributed by atoms with Gasteiger partial charge in [-0.15, -0.1) is 0 Å². The van der Waals surface area contributed by atoms with Crippen LogP contribution in [0, 0.1) is 35.5 Å². The van der Waals surface area contributed by atoms with Gasteiger partial charge in [-0.3, -0.25) is 0 Å². The van der Waals surface area contributed by atoms with Crippen LogP contribution in [-0.2, 0) is 21.0 Å². The first kappa shape index (κ1) is 24.6. The van der Waals surface area contributed by atoms with Crippen LogP contribution in [0.3, 0.4) is 0 Å². The number of hydrogen-bond acceptors (Lipinski definition) is 6. The van der Waals surface area contributed by atoms with Crippen LogP contribution in [0.2, 0.25) is 0 Å². The van der Waals surface area contributed by atoms with E-state index in [1.165, 1.54) is 12.8 Å². The molecule has 0 aromatic heterocycles. The van der Waals surface area contributed by atoms with Gasteiger partial charge in [0.05, 0.1) is 27.0 Å². The summed E-state index contributed by atoms with van der Waals surface area (Å²) in [7, 11) is -4.60. The predicted molar refractivity (Wildman–Crippen MR) is 118 cm³/mol. The summed E-state index contributed by atoms with van der Waals surface area (Å²) < 4.78 is 85.1. The Kier molecular flexibility index (Phi) is 5.79. The summed E-state index contributed by atoms with van der Waals surface area (Å²) in [5.41, 5.74) is -1.46. The summed E-state index contributed by atoms with van der Waals surface area (Å²) in [4.78, 5) is 12.4. The molecular formula is C25H28F3O6S-. The van der Waals surface area contributed by atoms with E-state index in [9.17, 15) is 30.9 Å². The highest BCUT2D eigenvalue weighted by atomic mass is 32.2. The quantitative estimate of drug-likeness (QED) is 0.225. The maximum Gasteiger partial charge on any atom is 0.419 e. The molecule has 10 heteroatoms. The minimum absolute atomic E-state index is 0.0873. The van der Waals surface area contributed by atoms with Crippen LogP contribution in [0.15, 0.2) is 30.4 Å². The third kappa shape index (κ3) is 4.16. The van der Waals surface area contributed by atoms with Crippen LogP contribution < -0.4 is 4.74 Å². The average Bonchev–Trinajstić information content (AvgIpc) is 3.51. The maximum absolute atomic E-state index is 13.9. The number of rotatable bonds is 7. The van der Waals surface area contributed by atoms with Crippen molar-refractivity contribution >= 4 is 16.1 Å². The molecule has 4 bridgehead atoms. The molecule has 7 unspecified atom stereocenters. The van der Waals surface area contributed by atoms with Crippen LogP contribution in [0.1, 0.15) is 54.9 Å². The second kappa shape index (κ2) is 8.23. The summed E-state index contributed by atoms with van der Waals surface area (Å²) in [6.45, 7) is 5.24. The molecule has 0 aliphatic heterocycles. The molecule has 4 aliphatic carbocycles. The number of hydrogen-bond donors (Lipinski definition) is 0. The van der Waals surface area contributed by atoms with Crippen molar-refractivity contribution in [3.05, 3.63) is 41.5 Å². The number of halogens is 3. The summed E-state index contributed by atoms with van der Waals surface area (Å²) in [5, 5.41) is 0. The second-order valence-corrected chi connectivity index (χ2v) is 12.2. The molecule has 4 saturated carbocycles. The van der Waals surface area contributed by atoms with E-state index in [1.807, 2.05) is 0 Å². The van der Waals surface area contributed by atoms with Gasteiger partial charge in [-0.2, -0.15) is 13.2 Å². The molecule has 0 heterocycles. The lowest BCUT2D eigenvalue weighted by atomic mass is 9.64. The predicted octanol–water partition coefficient (Wildman–Crippen LogP) is 4.80. The Morgan fingerprint density at radius 3 is 2.49 bits per heavy atom. The zero-order valence-corrected chi connectivity index (χ0v) is 20.2. The fourth-order valence-corrected chi connectivity index (χ4v) is 8.04. The molecule has 5 rings (SSSR count). The molecule has 35 heavy (non-hydrogen) atoms. The third-order valence-corrected chi connectivity index (χ3v) is 9.55. The summed E-state index contributed by atoms with van der Waals surface area (Å²) in [5.74, 6) is 0.425. The van der Waals surface area contributed by atoms with E-state index < -0.39 is 51.5 Å². The minimum Gasteiger partial charge on any atom is -0.748 e. The molecule has 0 saturated heterocycles. The first-order valence-corrected chi connectivity index (χ1v) is 13.5. The smallest absolute Gasteiger partial charge is 0.419 e. The van der Waals surface area contributed by atoms with Gasteiger partial charge in [0, 0.05) is 5.92 Å². The van der Waals surface area contributed by atoms with Gasteiger partial charge in [0.25, 0.3) is 0 Å². The van der Waals surface area contributed by atoms with Crippen molar-refractivity contribution in [3.8, 4) is 5.75 Å². The van der Waals surface area contributed by atoms with Crippen LogP contribution in [0.4, 0.5) is 13.2 Å². The summed E-state index contributed by atoms with van der Waals surface area (Å²) in [6.07, 6.45) is 0.425. The van der Waals surface area contributed by atoms with E-state index in [1.54, 1.807) is 6.92 Å². The Labute approximate surface area is 202 Å². The SMILES string of the molecule is C=C(C)C1(Oc2cc(C(=O)OCCS(=O)(=O)[O-])ccc2C(F)(F)F)CC2CC1C1C3CCC(C3)C21. The van der Waals surface area contributed by atoms with Gasteiger partial charge in [-0.05, 0) is 92.4 Å². The van der Waals surface area contributed by atoms with Crippen molar-refractivity contribution in [3.63, 3.8) is 0 Å². The number of benzene rings is 1. The second-order valence-electron chi connectivity index (χ2n) is 10.7. The number of fused-ring (bicyclic) bond motifs is 9. The van der Waals surface area contributed by atoms with E-state index in [0.717, 1.165) is 31.0 Å². The zero-order chi connectivity index (χ0) is 25.3. The van der Waals surface area contributed by atoms with E-state index in [4.69, 9.17) is 9.47 Å². The molecule has 0 amide bonds. The van der Waals surface area contributed by atoms with Crippen molar-refractivity contribution in [2.75, 3.05) is 12.4 Å². The van der Waals surface area contributed by atoms with E-state index in [0.29, 0.717) is 41.6 Å². The van der Waals surface area contributed by atoms with Gasteiger partial charge < -0.3 is 14.0 Å². The lowest BCUT2D eigenvalue weighted by molar-refractivity contribution is -0.140. The van der Waals surface area contributed by atoms with Gasteiger partial charge in [0.2, 0.25) is 0 Å². The third-order valence-electron chi connectivity index (χ3n) is 8.88. The number of alkyl halides is 3. The molecule has 1 aromatic carbocycles. The van der Waals surface area contributed by atoms with E-state index in [2.05, 4.69) is 6.58 Å². The van der Waals surface area contributed by atoms with E-state index >= 15 is 0 Å². The number of esters is 1. The Morgan fingerprint density at radius 2 is 1.86 bits per heavy atom. The first-order valence-electron chi connectivity index (χ1n) is 12.0. The fourth-order valence-electron chi connectivity index (χ4n) is 7.76. The zero-order valence-electron chi connectivity index (χ0n) is 19.3. The molecule has 192 valence electrons. The lowest BCUT2D eigenvalue weighted by Crippen LogP contribution is -2.49. The van der Waals surface area contributed by atoms with Crippen molar-refractivity contribution in [2.24, 2.45) is 35.5 Å². The first-order chi connectivity index (χ1) is 16.3. The van der Waals surface area contributed by atoms with Gasteiger partial charge in [0.1, 0.15) is 18.0 Å². The highest BCUT2D eigenvalue weighted by Crippen LogP contribution is 2.71. The lowest BCUT2D eigenvalue weighted by Gasteiger charge is -2.47. The molecular weight excluding hydrogens is 485 g/mol. The van der Waals surface area contributed by atoms with Crippen LogP contribution in [0.5, 0.6) is 5.75 Å². The van der Waals surface area contributed by atoms with Gasteiger partial charge >= 0.3 is 12.1 Å². The van der Waals surface area contributed by atoms with Crippen molar-refractivity contribution in [1.29, 1.82) is 0 Å². The van der Waals surface area contributed by atoms with Gasteiger partial charge in [-0.1, -0.05) is 6.58 Å². The number of carbonyl (C=O) groups is 1. The molecule has 6 nitrogen and oxygen atoms in total. The molecule has 0 spiro atoms. The molecule has 4 aliphatic rings. The Balaban J connectivity index is 1.45.